The Balaban J connectivity index is 1.53. The SMILES string of the molecule is CCCc1ccc(OC(=O)Cn2cnc3sc4c(c3c2=O)CCCC4)cc1. The van der Waals surface area contributed by atoms with E-state index < -0.39 is 5.97 Å². The molecular weight excluding hydrogens is 360 g/mol. The van der Waals surface area contributed by atoms with Gasteiger partial charge in [0, 0.05) is 4.88 Å². The lowest BCUT2D eigenvalue weighted by molar-refractivity contribution is -0.135. The van der Waals surface area contributed by atoms with Crippen LogP contribution in [0, 0.1) is 0 Å². The zero-order chi connectivity index (χ0) is 18.8. The second kappa shape index (κ2) is 7.64. The van der Waals surface area contributed by atoms with Gasteiger partial charge in [0.1, 0.15) is 17.1 Å². The van der Waals surface area contributed by atoms with Crippen molar-refractivity contribution in [2.45, 2.75) is 52.0 Å². The Bertz CT molecular complexity index is 1030. The third kappa shape index (κ3) is 3.67. The fourth-order valence-electron chi connectivity index (χ4n) is 3.61. The Morgan fingerprint density at radius 2 is 2.00 bits per heavy atom. The summed E-state index contributed by atoms with van der Waals surface area (Å²) in [4.78, 5) is 31.7. The van der Waals surface area contributed by atoms with E-state index in [-0.39, 0.29) is 12.1 Å². The number of hydrogen-bond donors (Lipinski definition) is 0. The van der Waals surface area contributed by atoms with E-state index >= 15 is 0 Å². The van der Waals surface area contributed by atoms with Crippen molar-refractivity contribution >= 4 is 27.5 Å². The molecule has 0 amide bonds. The van der Waals surface area contributed by atoms with E-state index in [4.69, 9.17) is 4.74 Å². The summed E-state index contributed by atoms with van der Waals surface area (Å²) in [6.45, 7) is 1.99. The van der Waals surface area contributed by atoms with Crippen molar-refractivity contribution in [3.8, 4) is 5.75 Å². The number of thiophene rings is 1. The minimum absolute atomic E-state index is 0.136. The largest absolute Gasteiger partial charge is 0.425 e. The zero-order valence-corrected chi connectivity index (χ0v) is 16.2. The number of benzene rings is 1. The van der Waals surface area contributed by atoms with Gasteiger partial charge in [-0.05, 0) is 55.4 Å². The summed E-state index contributed by atoms with van der Waals surface area (Å²) in [6.07, 6.45) is 7.74. The first-order valence-electron chi connectivity index (χ1n) is 9.45. The van der Waals surface area contributed by atoms with Gasteiger partial charge < -0.3 is 4.74 Å². The number of aryl methyl sites for hydroxylation is 3. The van der Waals surface area contributed by atoms with E-state index in [1.54, 1.807) is 23.5 Å². The molecule has 1 aliphatic carbocycles. The lowest BCUT2D eigenvalue weighted by Crippen LogP contribution is -2.27. The third-order valence-corrected chi connectivity index (χ3v) is 6.13. The van der Waals surface area contributed by atoms with E-state index in [1.165, 1.54) is 21.3 Å². The van der Waals surface area contributed by atoms with Crippen LogP contribution in [0.3, 0.4) is 0 Å². The maximum Gasteiger partial charge on any atom is 0.331 e. The molecule has 1 aromatic carbocycles. The standard InChI is InChI=1S/C21H22N2O3S/c1-2-5-14-8-10-15(11-9-14)26-18(24)12-23-13-22-20-19(21(23)25)16-6-3-4-7-17(16)27-20/h8-11,13H,2-7,12H2,1H3. The van der Waals surface area contributed by atoms with Gasteiger partial charge in [-0.1, -0.05) is 25.5 Å². The maximum atomic E-state index is 12.9. The van der Waals surface area contributed by atoms with Crippen LogP contribution < -0.4 is 10.3 Å². The molecule has 0 saturated heterocycles. The predicted molar refractivity (Wildman–Crippen MR) is 107 cm³/mol. The van der Waals surface area contributed by atoms with Gasteiger partial charge >= 0.3 is 5.97 Å². The third-order valence-electron chi connectivity index (χ3n) is 4.93. The normalized spacial score (nSPS) is 13.5. The molecule has 0 aliphatic heterocycles. The average Bonchev–Trinajstić information content (AvgIpc) is 3.05. The molecule has 5 nitrogen and oxygen atoms in total. The number of carbonyl (C=O) groups excluding carboxylic acids is 1. The highest BCUT2D eigenvalue weighted by Gasteiger charge is 2.20. The molecule has 0 bridgehead atoms. The molecule has 0 fully saturated rings. The molecular formula is C21H22N2O3S. The molecule has 2 aromatic heterocycles. The van der Waals surface area contributed by atoms with Crippen LogP contribution in [0.1, 0.15) is 42.2 Å². The highest BCUT2D eigenvalue weighted by atomic mass is 32.1. The fraction of sp³-hybridized carbons (Fsp3) is 0.381. The summed E-state index contributed by atoms with van der Waals surface area (Å²) in [6, 6.07) is 7.51. The van der Waals surface area contributed by atoms with Crippen molar-refractivity contribution in [1.29, 1.82) is 0 Å². The summed E-state index contributed by atoms with van der Waals surface area (Å²) in [7, 11) is 0. The summed E-state index contributed by atoms with van der Waals surface area (Å²) in [5.74, 6) is 0.0282. The molecule has 3 aromatic rings. The molecule has 0 unspecified atom stereocenters. The molecule has 4 rings (SSSR count). The summed E-state index contributed by atoms with van der Waals surface area (Å²) in [5, 5.41) is 0.689. The average molecular weight is 382 g/mol. The van der Waals surface area contributed by atoms with Crippen molar-refractivity contribution in [2.75, 3.05) is 0 Å². The first-order valence-corrected chi connectivity index (χ1v) is 10.3. The van der Waals surface area contributed by atoms with Crippen LogP contribution >= 0.6 is 11.3 Å². The Morgan fingerprint density at radius 3 is 2.78 bits per heavy atom. The lowest BCUT2D eigenvalue weighted by atomic mass is 9.97. The molecule has 2 heterocycles. The quantitative estimate of drug-likeness (QED) is 0.496. The van der Waals surface area contributed by atoms with E-state index in [0.717, 1.165) is 48.9 Å². The first kappa shape index (κ1) is 17.9. The number of nitrogens with zero attached hydrogens (tertiary/aromatic N) is 2. The Morgan fingerprint density at radius 1 is 1.22 bits per heavy atom. The lowest BCUT2D eigenvalue weighted by Gasteiger charge is -2.10. The van der Waals surface area contributed by atoms with Crippen molar-refractivity contribution in [1.82, 2.24) is 9.55 Å². The number of carbonyl (C=O) groups is 1. The smallest absolute Gasteiger partial charge is 0.331 e. The Kier molecular flexibility index (Phi) is 5.07. The van der Waals surface area contributed by atoms with Gasteiger partial charge in [0.05, 0.1) is 11.7 Å². The van der Waals surface area contributed by atoms with Gasteiger partial charge in [-0.25, -0.2) is 9.78 Å². The minimum Gasteiger partial charge on any atom is -0.425 e. The molecule has 6 heteroatoms. The number of ether oxygens (including phenoxy) is 1. The highest BCUT2D eigenvalue weighted by Crippen LogP contribution is 2.33. The van der Waals surface area contributed by atoms with Crippen LogP contribution in [0.5, 0.6) is 5.75 Å². The first-order chi connectivity index (χ1) is 13.2. The zero-order valence-electron chi connectivity index (χ0n) is 15.4. The highest BCUT2D eigenvalue weighted by molar-refractivity contribution is 7.18. The van der Waals surface area contributed by atoms with E-state index in [0.29, 0.717) is 11.1 Å². The van der Waals surface area contributed by atoms with Gasteiger partial charge in [-0.3, -0.25) is 9.36 Å². The number of fused-ring (bicyclic) bond motifs is 3. The summed E-state index contributed by atoms with van der Waals surface area (Å²) < 4.78 is 6.75. The predicted octanol–water partition coefficient (Wildman–Crippen LogP) is 3.89. The Labute approximate surface area is 161 Å². The Hall–Kier alpha value is -2.47. The van der Waals surface area contributed by atoms with Crippen molar-refractivity contribution in [2.24, 2.45) is 0 Å². The van der Waals surface area contributed by atoms with E-state index in [2.05, 4.69) is 11.9 Å². The minimum atomic E-state index is -0.467. The van der Waals surface area contributed by atoms with Gasteiger partial charge in [-0.15, -0.1) is 11.3 Å². The fourth-order valence-corrected chi connectivity index (χ4v) is 4.83. The maximum absolute atomic E-state index is 12.9. The van der Waals surface area contributed by atoms with Gasteiger partial charge in [-0.2, -0.15) is 0 Å². The van der Waals surface area contributed by atoms with Crippen molar-refractivity contribution in [3.05, 3.63) is 57.0 Å². The molecule has 1 aliphatic rings. The van der Waals surface area contributed by atoms with Crippen LogP contribution in [0.4, 0.5) is 0 Å². The van der Waals surface area contributed by atoms with Gasteiger partial charge in [0.2, 0.25) is 0 Å². The number of aromatic nitrogens is 2. The molecule has 0 saturated carbocycles. The topological polar surface area (TPSA) is 61.2 Å². The van der Waals surface area contributed by atoms with E-state index in [9.17, 15) is 9.59 Å². The van der Waals surface area contributed by atoms with Crippen LogP contribution in [-0.2, 0) is 30.6 Å². The summed E-state index contributed by atoms with van der Waals surface area (Å²) in [5.41, 5.74) is 2.20. The van der Waals surface area contributed by atoms with E-state index in [1.807, 2.05) is 12.1 Å². The second-order valence-corrected chi connectivity index (χ2v) is 8.02. The molecule has 0 N–H and O–H groups in total. The number of hydrogen-bond acceptors (Lipinski definition) is 5. The van der Waals surface area contributed by atoms with Crippen LogP contribution in [0.2, 0.25) is 0 Å². The summed E-state index contributed by atoms with van der Waals surface area (Å²) >= 11 is 1.61. The number of esters is 1. The molecule has 0 spiro atoms. The van der Waals surface area contributed by atoms with Crippen LogP contribution in [-0.4, -0.2) is 15.5 Å². The van der Waals surface area contributed by atoms with Crippen molar-refractivity contribution in [3.63, 3.8) is 0 Å². The molecule has 0 atom stereocenters. The monoisotopic (exact) mass is 382 g/mol. The van der Waals surface area contributed by atoms with Crippen LogP contribution in [0.15, 0.2) is 35.4 Å². The molecule has 0 radical (unpaired) electrons. The molecule has 27 heavy (non-hydrogen) atoms. The second-order valence-electron chi connectivity index (χ2n) is 6.94. The van der Waals surface area contributed by atoms with Gasteiger partial charge in [0.15, 0.2) is 0 Å². The number of rotatable bonds is 5. The molecule has 140 valence electrons. The van der Waals surface area contributed by atoms with Crippen molar-refractivity contribution < 1.29 is 9.53 Å². The van der Waals surface area contributed by atoms with Gasteiger partial charge in [0.25, 0.3) is 5.56 Å². The van der Waals surface area contributed by atoms with Crippen LogP contribution in [0.25, 0.3) is 10.2 Å².